The van der Waals surface area contributed by atoms with Gasteiger partial charge in [0.1, 0.15) is 73.0 Å². The standard InChI is InChI=1S/C52H67F4N2O3.C35H31F4N2O4.BrH.HI/c1-10-11-12-13-14-15-16-17-18-19-28-60-48(59)37-36(40(53)42(55)43(56)41(37)54)35-31-29-33-44-38(51(6,7)22-26-57(44)24-20-49(33,2)3)46(31)61-47-32(35)30-34-45-39(47)52(8,9)23-27-58(45)25-21-50(34,4)5;36-27-25(26(28(37)30(39)29(27)38)35(42)44-16-19-15-43-19)24-22-13-17-5-1-9-40-11-3-7-20(31(17)40)33(22)45-34-21-8-4-12-41-10-2-6-18(32(21)41)14-23(24)34;;/h29-30H,10-28H2,1-9H3;13-14,19H,1-12,15-16H2;2*1H/q2*+1;;/p-2. The molecule has 11 aliphatic heterocycles. The highest BCUT2D eigenvalue weighted by molar-refractivity contribution is 6.02. The van der Waals surface area contributed by atoms with E-state index < -0.39 is 91.6 Å². The molecule has 11 aliphatic rings. The predicted molar refractivity (Wildman–Crippen MR) is 393 cm³/mol. The number of esters is 2. The molecule has 1 unspecified atom stereocenters. The Hall–Kier alpha value is -6.59. The number of hydrogen-bond acceptors (Lipinski definition) is 9. The van der Waals surface area contributed by atoms with Crippen LogP contribution in [-0.4, -0.2) is 90.2 Å². The molecular formula is C87H98BrF8IN4O7. The summed E-state index contributed by atoms with van der Waals surface area (Å²) in [5, 5.41) is 3.11. The van der Waals surface area contributed by atoms with Gasteiger partial charge in [-0.1, -0.05) is 120 Å². The van der Waals surface area contributed by atoms with Crippen molar-refractivity contribution in [2.24, 2.45) is 0 Å². The number of nitrogens with zero attached hydrogens (tertiary/aromatic N) is 4. The maximum atomic E-state index is 17.2. The van der Waals surface area contributed by atoms with Gasteiger partial charge in [-0.25, -0.2) is 53.9 Å². The van der Waals surface area contributed by atoms with Gasteiger partial charge in [-0.2, -0.15) is 0 Å². The molecule has 0 N–H and O–H groups in total. The third-order valence-electron chi connectivity index (χ3n) is 25.4. The van der Waals surface area contributed by atoms with E-state index in [4.69, 9.17) is 23.7 Å². The van der Waals surface area contributed by atoms with Crippen LogP contribution in [0.15, 0.2) is 24.3 Å². The van der Waals surface area contributed by atoms with Crippen LogP contribution >= 0.6 is 0 Å². The van der Waals surface area contributed by atoms with Crippen LogP contribution in [0.25, 0.3) is 11.1 Å². The van der Waals surface area contributed by atoms with Crippen LogP contribution in [0.4, 0.5) is 46.5 Å². The first-order valence-corrected chi connectivity index (χ1v) is 39.3. The quantitative estimate of drug-likeness (QED) is 0.0129. The van der Waals surface area contributed by atoms with Gasteiger partial charge in [-0.3, -0.25) is 0 Å². The molecule has 1 saturated heterocycles. The number of aryl methyl sites for hydroxylation is 2. The van der Waals surface area contributed by atoms with Crippen LogP contribution in [0.5, 0.6) is 23.0 Å². The Morgan fingerprint density at radius 3 is 1.62 bits per heavy atom. The smallest absolute Gasteiger partial charge is 0.342 e. The zero-order chi connectivity index (χ0) is 74.4. The van der Waals surface area contributed by atoms with Gasteiger partial charge < -0.3 is 74.4 Å². The number of carbonyl (C=O) groups excluding carboxylic acids is 2. The average molecular weight is 1670 g/mol. The van der Waals surface area contributed by atoms with Gasteiger partial charge in [-0.05, 0) is 104 Å². The van der Waals surface area contributed by atoms with E-state index in [9.17, 15) is 14.0 Å². The summed E-state index contributed by atoms with van der Waals surface area (Å²) < 4.78 is 163. The first-order valence-electron chi connectivity index (χ1n) is 39.3. The van der Waals surface area contributed by atoms with Crippen LogP contribution < -0.4 is 90.5 Å². The summed E-state index contributed by atoms with van der Waals surface area (Å²) in [7, 11) is 0. The number of rotatable bonds is 17. The number of ether oxygens (including phenoxy) is 5. The SMILES string of the molecule is CCCCCCCCCCCCOC(=O)c1c(F)c(F)c(F)c(F)c1C1=c2cc3c4c(c2Oc2c1cc1c5c2C(C)(C)CCN5CCC1(C)C)C(C)(C)CC[N+]=4CCC3(C)C.O=C(OCC1CO1)c1c(F)c(F)c(F)c(F)c1C1=c2cc3c4c(c2Oc2c1cc1c5c2CCCN5CCC1)CCC[N+]=4CCC3.[Br-].[I-]. The van der Waals surface area contributed by atoms with Crippen molar-refractivity contribution in [2.75, 3.05) is 82.0 Å². The summed E-state index contributed by atoms with van der Waals surface area (Å²) in [6.07, 6.45) is 20.4. The van der Waals surface area contributed by atoms with Crippen molar-refractivity contribution >= 4 is 34.5 Å². The van der Waals surface area contributed by atoms with Crippen LogP contribution in [0.1, 0.15) is 265 Å². The molecule has 21 heteroatoms. The van der Waals surface area contributed by atoms with Gasteiger partial charge >= 0.3 is 11.9 Å². The van der Waals surface area contributed by atoms with Gasteiger partial charge in [0, 0.05) is 140 Å². The van der Waals surface area contributed by atoms with Crippen molar-refractivity contribution in [2.45, 2.75) is 231 Å². The zero-order valence-electron chi connectivity index (χ0n) is 63.6. The molecule has 1 fully saturated rings. The highest BCUT2D eigenvalue weighted by Gasteiger charge is 2.50. The Morgan fingerprint density at radius 1 is 0.481 bits per heavy atom. The van der Waals surface area contributed by atoms with Crippen molar-refractivity contribution in [3.8, 4) is 23.0 Å². The number of epoxide rings is 1. The first kappa shape index (κ1) is 78.1. The molecule has 11 nitrogen and oxygen atoms in total. The molecule has 0 spiro atoms. The lowest BCUT2D eigenvalue weighted by Gasteiger charge is -2.49. The molecule has 0 saturated carbocycles. The molecule has 0 radical (unpaired) electrons. The lowest BCUT2D eigenvalue weighted by molar-refractivity contribution is -0.00100. The highest BCUT2D eigenvalue weighted by atomic mass is 127. The van der Waals surface area contributed by atoms with E-state index in [2.05, 4.69) is 81.3 Å². The molecule has 6 aromatic carbocycles. The van der Waals surface area contributed by atoms with Crippen molar-refractivity contribution in [3.05, 3.63) is 170 Å². The summed E-state index contributed by atoms with van der Waals surface area (Å²) in [4.78, 5) is 32.5. The third-order valence-corrected chi connectivity index (χ3v) is 25.4. The van der Waals surface area contributed by atoms with Crippen LogP contribution in [0.3, 0.4) is 0 Å². The Morgan fingerprint density at radius 2 is 0.981 bits per heavy atom. The number of carbonyl (C=O) groups is 2. The second-order valence-electron chi connectivity index (χ2n) is 34.3. The Bertz CT molecular complexity index is 5020. The van der Waals surface area contributed by atoms with E-state index in [1.807, 2.05) is 24.3 Å². The fourth-order valence-electron chi connectivity index (χ4n) is 19.3. The maximum absolute atomic E-state index is 17.2. The van der Waals surface area contributed by atoms with Crippen LogP contribution in [0.2, 0.25) is 0 Å². The predicted octanol–water partition coefficient (Wildman–Crippen LogP) is 9.94. The summed E-state index contributed by atoms with van der Waals surface area (Å²) in [5.41, 5.74) is 6.89. The van der Waals surface area contributed by atoms with E-state index >= 15 is 30.7 Å². The summed E-state index contributed by atoms with van der Waals surface area (Å²) in [6.45, 7) is 27.0. The van der Waals surface area contributed by atoms with E-state index in [-0.39, 0.29) is 82.3 Å². The molecular weight excluding hydrogens is 1570 g/mol. The van der Waals surface area contributed by atoms with Crippen LogP contribution in [0, 0.1) is 46.5 Å². The second kappa shape index (κ2) is 29.8. The summed E-state index contributed by atoms with van der Waals surface area (Å²) in [6, 6.07) is 7.86. The van der Waals surface area contributed by atoms with E-state index in [1.165, 1.54) is 32.1 Å². The molecule has 108 heavy (non-hydrogen) atoms. The van der Waals surface area contributed by atoms with Gasteiger partial charge in [-0.15, -0.1) is 0 Å². The number of fused-ring (bicyclic) bond motifs is 8. The Labute approximate surface area is 654 Å². The number of benzene rings is 6. The topological polar surface area (TPSA) is 96.1 Å². The maximum Gasteiger partial charge on any atom is 0.342 e. The summed E-state index contributed by atoms with van der Waals surface area (Å²) >= 11 is 0. The lowest BCUT2D eigenvalue weighted by atomic mass is 9.67. The molecule has 17 rings (SSSR count). The van der Waals surface area contributed by atoms with Crippen molar-refractivity contribution in [1.29, 1.82) is 0 Å². The third kappa shape index (κ3) is 13.2. The van der Waals surface area contributed by atoms with Gasteiger partial charge in [0.25, 0.3) is 0 Å². The van der Waals surface area contributed by atoms with E-state index in [0.717, 1.165) is 222 Å². The van der Waals surface area contributed by atoms with Crippen molar-refractivity contribution in [1.82, 2.24) is 9.15 Å². The molecule has 1 atom stereocenters. The van der Waals surface area contributed by atoms with Gasteiger partial charge in [0.15, 0.2) is 46.5 Å². The number of halogens is 10. The fourth-order valence-corrected chi connectivity index (χ4v) is 19.3. The van der Waals surface area contributed by atoms with Crippen molar-refractivity contribution < 1.29 is 109 Å². The molecule has 0 aliphatic carbocycles. The highest BCUT2D eigenvalue weighted by Crippen LogP contribution is 2.58. The van der Waals surface area contributed by atoms with E-state index in [0.29, 0.717) is 57.6 Å². The minimum absolute atomic E-state index is 0. The zero-order valence-corrected chi connectivity index (χ0v) is 67.4. The molecule has 6 aromatic rings. The lowest BCUT2D eigenvalue weighted by Crippen LogP contribution is -3.00. The molecule has 11 heterocycles. The fraction of sp³-hybridized carbons (Fsp3) is 0.540. The summed E-state index contributed by atoms with van der Waals surface area (Å²) in [5.74, 6) is -15.2. The van der Waals surface area contributed by atoms with Gasteiger partial charge in [0.2, 0.25) is 10.7 Å². The largest absolute Gasteiger partial charge is 1.00 e. The van der Waals surface area contributed by atoms with Crippen molar-refractivity contribution in [3.63, 3.8) is 0 Å². The van der Waals surface area contributed by atoms with Gasteiger partial charge in [0.05, 0.1) is 24.3 Å². The number of unbranched alkanes of at least 4 members (excludes halogenated alkanes) is 9. The monoisotopic (exact) mass is 1670 g/mol. The molecule has 0 aromatic heterocycles. The Balaban J connectivity index is 0.000000185. The normalized spacial score (nSPS) is 19.7. The second-order valence-corrected chi connectivity index (χ2v) is 34.3. The van der Waals surface area contributed by atoms with E-state index in [1.54, 1.807) is 0 Å². The minimum Gasteiger partial charge on any atom is -1.00 e. The molecule has 0 bridgehead atoms. The Kier molecular flexibility index (Phi) is 21.6. The molecule has 578 valence electrons. The van der Waals surface area contributed by atoms with Crippen LogP contribution in [-0.2, 0) is 61.6 Å². The molecule has 0 amide bonds. The number of hydrogen-bond donors (Lipinski definition) is 0. The average Bonchev–Trinajstić information content (AvgIpc) is 0.785. The minimum atomic E-state index is -2.05. The first-order chi connectivity index (χ1) is 50.7. The number of anilines is 2.